The molecule has 2 aliphatic heterocycles. The topological polar surface area (TPSA) is 97.1 Å². The summed E-state index contributed by atoms with van der Waals surface area (Å²) in [5.41, 5.74) is 6.04. The maximum absolute atomic E-state index is 12.6. The van der Waals surface area contributed by atoms with Gasteiger partial charge in [0.15, 0.2) is 5.82 Å². The summed E-state index contributed by atoms with van der Waals surface area (Å²) in [6, 6.07) is 1.81. The number of piperidine rings is 1. The normalized spacial score (nSPS) is 21.7. The lowest BCUT2D eigenvalue weighted by molar-refractivity contribution is 0.131. The quantitative estimate of drug-likeness (QED) is 0.726. The Morgan fingerprint density at radius 2 is 2.11 bits per heavy atom. The number of aromatic nitrogens is 3. The van der Waals surface area contributed by atoms with Crippen molar-refractivity contribution in [2.75, 3.05) is 31.2 Å². The van der Waals surface area contributed by atoms with Crippen molar-refractivity contribution in [3.05, 3.63) is 39.0 Å². The number of rotatable bonds is 3. The highest BCUT2D eigenvalue weighted by Crippen LogP contribution is 2.39. The van der Waals surface area contributed by atoms with Gasteiger partial charge in [0.1, 0.15) is 5.15 Å². The summed E-state index contributed by atoms with van der Waals surface area (Å²) in [6.45, 7) is 2.81. The van der Waals surface area contributed by atoms with Gasteiger partial charge >= 0.3 is 0 Å². The van der Waals surface area contributed by atoms with Gasteiger partial charge in [-0.15, -0.1) is 0 Å². The number of aromatic amines is 1. The van der Waals surface area contributed by atoms with Crippen molar-refractivity contribution in [3.8, 4) is 0 Å². The molecule has 0 unspecified atom stereocenters. The number of pyridine rings is 1. The first-order valence-electron chi connectivity index (χ1n) is 8.64. The third kappa shape index (κ3) is 3.69. The highest BCUT2D eigenvalue weighted by atomic mass is 35.5. The van der Waals surface area contributed by atoms with Gasteiger partial charge in [-0.3, -0.25) is 4.79 Å². The standard InChI is InChI=1S/C17H19Cl2N5O2S/c18-13-10(1-4-21-14(13)19)27-12-7-22-15(16(25)23-12)24-5-2-17(3-6-24)9-26-8-11(17)20/h1,4,7,11H,2-3,5-6,8-9,20H2,(H,23,25)/t11-/m1/s1. The van der Waals surface area contributed by atoms with E-state index in [2.05, 4.69) is 15.0 Å². The van der Waals surface area contributed by atoms with Crippen LogP contribution in [0.2, 0.25) is 10.2 Å². The number of hydrogen-bond donors (Lipinski definition) is 2. The monoisotopic (exact) mass is 427 g/mol. The van der Waals surface area contributed by atoms with E-state index in [9.17, 15) is 4.79 Å². The van der Waals surface area contributed by atoms with Gasteiger partial charge < -0.3 is 20.4 Å². The molecule has 7 nitrogen and oxygen atoms in total. The Hall–Kier alpha value is -1.32. The van der Waals surface area contributed by atoms with E-state index >= 15 is 0 Å². The summed E-state index contributed by atoms with van der Waals surface area (Å²) in [7, 11) is 0. The van der Waals surface area contributed by atoms with E-state index in [0.717, 1.165) is 25.9 Å². The lowest BCUT2D eigenvalue weighted by atomic mass is 9.75. The maximum Gasteiger partial charge on any atom is 0.291 e. The van der Waals surface area contributed by atoms with E-state index in [1.54, 1.807) is 18.5 Å². The third-order valence-electron chi connectivity index (χ3n) is 5.31. The zero-order valence-electron chi connectivity index (χ0n) is 14.5. The predicted octanol–water partition coefficient (Wildman–Crippen LogP) is 2.57. The number of nitrogens with one attached hydrogen (secondary N) is 1. The molecule has 144 valence electrons. The average molecular weight is 428 g/mol. The van der Waals surface area contributed by atoms with Crippen molar-refractivity contribution >= 4 is 40.8 Å². The average Bonchev–Trinajstić information content (AvgIpc) is 3.00. The van der Waals surface area contributed by atoms with Crippen molar-refractivity contribution in [2.24, 2.45) is 11.1 Å². The highest BCUT2D eigenvalue weighted by Gasteiger charge is 2.44. The molecule has 10 heteroatoms. The van der Waals surface area contributed by atoms with Crippen LogP contribution in [-0.2, 0) is 4.74 Å². The fourth-order valence-corrected chi connectivity index (χ4v) is 4.85. The van der Waals surface area contributed by atoms with Crippen LogP contribution in [0.1, 0.15) is 12.8 Å². The Kier molecular flexibility index (Phi) is 5.35. The molecule has 0 aliphatic carbocycles. The number of hydrogen-bond acceptors (Lipinski definition) is 7. The van der Waals surface area contributed by atoms with Crippen LogP contribution in [0, 0.1) is 5.41 Å². The van der Waals surface area contributed by atoms with Crippen LogP contribution in [0.3, 0.4) is 0 Å². The molecule has 0 bridgehead atoms. The Morgan fingerprint density at radius 3 is 2.78 bits per heavy atom. The molecule has 2 aliphatic rings. The smallest absolute Gasteiger partial charge is 0.291 e. The van der Waals surface area contributed by atoms with E-state index in [1.807, 2.05) is 4.90 Å². The molecule has 4 rings (SSSR count). The Labute approximate surface area is 170 Å². The molecular weight excluding hydrogens is 409 g/mol. The summed E-state index contributed by atoms with van der Waals surface area (Å²) < 4.78 is 5.55. The minimum atomic E-state index is -0.223. The summed E-state index contributed by atoms with van der Waals surface area (Å²) in [5, 5.41) is 1.17. The number of nitrogens with two attached hydrogens (primary N) is 1. The number of H-pyrrole nitrogens is 1. The molecule has 2 aromatic heterocycles. The van der Waals surface area contributed by atoms with Crippen molar-refractivity contribution < 1.29 is 4.74 Å². The summed E-state index contributed by atoms with van der Waals surface area (Å²) in [6.07, 6.45) is 5.01. The fourth-order valence-electron chi connectivity index (χ4n) is 3.61. The number of anilines is 1. The van der Waals surface area contributed by atoms with E-state index in [-0.39, 0.29) is 22.2 Å². The van der Waals surface area contributed by atoms with Crippen LogP contribution in [0.15, 0.2) is 33.2 Å². The minimum Gasteiger partial charge on any atom is -0.379 e. The Morgan fingerprint density at radius 1 is 1.33 bits per heavy atom. The molecule has 2 saturated heterocycles. The first-order chi connectivity index (χ1) is 13.0. The fraction of sp³-hybridized carbons (Fsp3) is 0.471. The van der Waals surface area contributed by atoms with Crippen LogP contribution >= 0.6 is 35.0 Å². The Bertz CT molecular complexity index is 901. The van der Waals surface area contributed by atoms with Crippen molar-refractivity contribution in [1.82, 2.24) is 15.0 Å². The van der Waals surface area contributed by atoms with Crippen molar-refractivity contribution in [3.63, 3.8) is 0 Å². The molecule has 1 spiro atoms. The molecule has 3 N–H and O–H groups in total. The van der Waals surface area contributed by atoms with E-state index in [4.69, 9.17) is 33.7 Å². The predicted molar refractivity (Wildman–Crippen MR) is 106 cm³/mol. The molecule has 2 aromatic rings. The second-order valence-electron chi connectivity index (χ2n) is 6.89. The van der Waals surface area contributed by atoms with Crippen LogP contribution in [0.5, 0.6) is 0 Å². The molecule has 0 saturated carbocycles. The number of nitrogens with zero attached hydrogens (tertiary/aromatic N) is 3. The summed E-state index contributed by atoms with van der Waals surface area (Å²) >= 11 is 13.4. The second-order valence-corrected chi connectivity index (χ2v) is 8.71. The lowest BCUT2D eigenvalue weighted by Gasteiger charge is -2.40. The van der Waals surface area contributed by atoms with Gasteiger partial charge in [0.25, 0.3) is 5.56 Å². The molecule has 27 heavy (non-hydrogen) atoms. The van der Waals surface area contributed by atoms with Gasteiger partial charge in [0.2, 0.25) is 0 Å². The molecule has 0 aromatic carbocycles. The second kappa shape index (κ2) is 7.60. The van der Waals surface area contributed by atoms with Gasteiger partial charge in [-0.1, -0.05) is 35.0 Å². The minimum absolute atomic E-state index is 0.0381. The van der Waals surface area contributed by atoms with Crippen LogP contribution in [-0.4, -0.2) is 47.3 Å². The third-order valence-corrected chi connectivity index (χ3v) is 7.17. The first kappa shape index (κ1) is 19.0. The van der Waals surface area contributed by atoms with Gasteiger partial charge in [0.05, 0.1) is 29.5 Å². The summed E-state index contributed by atoms with van der Waals surface area (Å²) in [4.78, 5) is 26.5. The van der Waals surface area contributed by atoms with Crippen LogP contribution in [0.4, 0.5) is 5.82 Å². The molecule has 4 heterocycles. The van der Waals surface area contributed by atoms with Gasteiger partial charge in [-0.25, -0.2) is 9.97 Å². The van der Waals surface area contributed by atoms with E-state index in [1.165, 1.54) is 11.8 Å². The lowest BCUT2D eigenvalue weighted by Crippen LogP contribution is -2.50. The maximum atomic E-state index is 12.6. The molecule has 1 atom stereocenters. The van der Waals surface area contributed by atoms with Crippen LogP contribution < -0.4 is 16.2 Å². The zero-order chi connectivity index (χ0) is 19.0. The van der Waals surface area contributed by atoms with Gasteiger partial charge in [-0.05, 0) is 18.9 Å². The zero-order valence-corrected chi connectivity index (χ0v) is 16.8. The first-order valence-corrected chi connectivity index (χ1v) is 10.2. The summed E-state index contributed by atoms with van der Waals surface area (Å²) in [5.74, 6) is 0.431. The number of halogens is 2. The molecule has 0 radical (unpaired) electrons. The molecular formula is C17H19Cl2N5O2S. The van der Waals surface area contributed by atoms with Gasteiger partial charge in [-0.2, -0.15) is 0 Å². The molecule has 0 amide bonds. The van der Waals surface area contributed by atoms with E-state index in [0.29, 0.717) is 34.0 Å². The SMILES string of the molecule is N[C@@H]1COCC12CCN(c1ncc(Sc3ccnc(Cl)c3Cl)[nH]c1=O)CC2. The van der Waals surface area contributed by atoms with Crippen molar-refractivity contribution in [2.45, 2.75) is 28.8 Å². The number of ether oxygens (including phenoxy) is 1. The van der Waals surface area contributed by atoms with Crippen LogP contribution in [0.25, 0.3) is 0 Å². The highest BCUT2D eigenvalue weighted by molar-refractivity contribution is 7.99. The van der Waals surface area contributed by atoms with Gasteiger partial charge in [0, 0.05) is 35.6 Å². The largest absolute Gasteiger partial charge is 0.379 e. The molecule has 2 fully saturated rings. The van der Waals surface area contributed by atoms with Crippen molar-refractivity contribution in [1.29, 1.82) is 0 Å². The van der Waals surface area contributed by atoms with E-state index < -0.39 is 0 Å². The Balaban J connectivity index is 1.48.